The zero-order chi connectivity index (χ0) is 28.3. The van der Waals surface area contributed by atoms with E-state index in [2.05, 4.69) is 10.3 Å². The molecule has 4 aromatic rings. The molecule has 7 nitrogen and oxygen atoms in total. The standard InChI is InChI=1S/C29H23F4N3O4/c30-20-8-5-18(6-9-20)24-16-22(21-3-1-2-4-23(21)34-24)28(38)40-17-27(37)35-25-15-19(29(31,32)33)7-10-26(25)36-11-13-39-14-12-36/h1-10,15-16H,11-14,17H2,(H,35,37). The quantitative estimate of drug-likeness (QED) is 0.244. The summed E-state index contributed by atoms with van der Waals surface area (Å²) in [7, 11) is 0. The number of pyridine rings is 1. The second-order valence-corrected chi connectivity index (χ2v) is 9.03. The number of morpholine rings is 1. The summed E-state index contributed by atoms with van der Waals surface area (Å²) in [6, 6.07) is 17.0. The second kappa shape index (κ2) is 11.3. The zero-order valence-corrected chi connectivity index (χ0v) is 21.0. The first-order chi connectivity index (χ1) is 19.2. The molecular formula is C29H23F4N3O4. The van der Waals surface area contributed by atoms with Crippen LogP contribution in [0.4, 0.5) is 28.9 Å². The van der Waals surface area contributed by atoms with Crippen molar-refractivity contribution in [1.29, 1.82) is 0 Å². The molecule has 0 radical (unpaired) electrons. The zero-order valence-electron chi connectivity index (χ0n) is 21.0. The Morgan fingerprint density at radius 3 is 2.42 bits per heavy atom. The van der Waals surface area contributed by atoms with Gasteiger partial charge in [0.15, 0.2) is 6.61 Å². The number of anilines is 2. The summed E-state index contributed by atoms with van der Waals surface area (Å²) in [5, 5.41) is 2.94. The van der Waals surface area contributed by atoms with Crippen LogP contribution in [0.3, 0.4) is 0 Å². The van der Waals surface area contributed by atoms with Gasteiger partial charge in [-0.25, -0.2) is 14.2 Å². The molecule has 1 fully saturated rings. The number of nitrogens with zero attached hydrogens (tertiary/aromatic N) is 2. The predicted octanol–water partition coefficient (Wildman–Crippen LogP) is 5.69. The van der Waals surface area contributed by atoms with Gasteiger partial charge in [0.25, 0.3) is 5.91 Å². The molecule has 1 aromatic heterocycles. The van der Waals surface area contributed by atoms with E-state index in [0.717, 1.165) is 12.1 Å². The van der Waals surface area contributed by atoms with Gasteiger partial charge >= 0.3 is 12.1 Å². The topological polar surface area (TPSA) is 80.8 Å². The Kier molecular flexibility index (Phi) is 7.65. The normalized spacial score (nSPS) is 13.8. The van der Waals surface area contributed by atoms with Gasteiger partial charge in [-0.1, -0.05) is 18.2 Å². The lowest BCUT2D eigenvalue weighted by Gasteiger charge is -2.31. The van der Waals surface area contributed by atoms with Crippen molar-refractivity contribution < 1.29 is 36.6 Å². The number of esters is 1. The number of carbonyl (C=O) groups is 2. The maximum Gasteiger partial charge on any atom is 0.416 e. The number of benzene rings is 3. The third-order valence-electron chi connectivity index (χ3n) is 6.36. The first kappa shape index (κ1) is 27.1. The van der Waals surface area contributed by atoms with E-state index in [1.54, 1.807) is 24.3 Å². The molecule has 1 aliphatic rings. The van der Waals surface area contributed by atoms with Crippen molar-refractivity contribution in [2.75, 3.05) is 43.1 Å². The van der Waals surface area contributed by atoms with Crippen molar-refractivity contribution >= 4 is 34.2 Å². The molecule has 0 atom stereocenters. The highest BCUT2D eigenvalue weighted by molar-refractivity contribution is 6.05. The van der Waals surface area contributed by atoms with E-state index >= 15 is 0 Å². The van der Waals surface area contributed by atoms with Crippen LogP contribution in [0.15, 0.2) is 72.8 Å². The van der Waals surface area contributed by atoms with Gasteiger partial charge in [0.2, 0.25) is 0 Å². The van der Waals surface area contributed by atoms with E-state index in [0.29, 0.717) is 54.2 Å². The van der Waals surface area contributed by atoms with Crippen molar-refractivity contribution in [3.8, 4) is 11.3 Å². The largest absolute Gasteiger partial charge is 0.452 e. The summed E-state index contributed by atoms with van der Waals surface area (Å²) in [5.41, 5.74) is 1.01. The number of para-hydroxylation sites is 1. The number of ether oxygens (including phenoxy) is 2. The molecular weight excluding hydrogens is 530 g/mol. The molecule has 5 rings (SSSR count). The maximum absolute atomic E-state index is 13.4. The van der Waals surface area contributed by atoms with Gasteiger partial charge in [0, 0.05) is 24.0 Å². The first-order valence-electron chi connectivity index (χ1n) is 12.4. The van der Waals surface area contributed by atoms with E-state index in [-0.39, 0.29) is 11.3 Å². The summed E-state index contributed by atoms with van der Waals surface area (Å²) < 4.78 is 64.1. The minimum atomic E-state index is -4.61. The molecule has 1 amide bonds. The Balaban J connectivity index is 1.36. The number of rotatable bonds is 6. The summed E-state index contributed by atoms with van der Waals surface area (Å²) in [5.74, 6) is -2.05. The molecule has 1 saturated heterocycles. The van der Waals surface area contributed by atoms with E-state index in [9.17, 15) is 27.2 Å². The number of alkyl halides is 3. The number of aromatic nitrogens is 1. The van der Waals surface area contributed by atoms with Gasteiger partial charge in [0.05, 0.1) is 46.9 Å². The second-order valence-electron chi connectivity index (χ2n) is 9.03. The number of carbonyl (C=O) groups excluding carboxylic acids is 2. The molecule has 2 heterocycles. The van der Waals surface area contributed by atoms with E-state index in [1.807, 2.05) is 4.90 Å². The van der Waals surface area contributed by atoms with Crippen LogP contribution in [-0.2, 0) is 20.4 Å². The van der Waals surface area contributed by atoms with Crippen molar-refractivity contribution in [1.82, 2.24) is 4.98 Å². The van der Waals surface area contributed by atoms with Crippen molar-refractivity contribution in [3.63, 3.8) is 0 Å². The molecule has 206 valence electrons. The van der Waals surface area contributed by atoms with Crippen LogP contribution in [0.1, 0.15) is 15.9 Å². The number of halogens is 4. The van der Waals surface area contributed by atoms with Crippen LogP contribution >= 0.6 is 0 Å². The smallest absolute Gasteiger partial charge is 0.416 e. The molecule has 0 saturated carbocycles. The Labute approximate surface area is 226 Å². The molecule has 0 bridgehead atoms. The molecule has 1 aliphatic heterocycles. The van der Waals surface area contributed by atoms with Crippen LogP contribution in [0.2, 0.25) is 0 Å². The van der Waals surface area contributed by atoms with Crippen molar-refractivity contribution in [2.45, 2.75) is 6.18 Å². The number of nitrogens with one attached hydrogen (secondary N) is 1. The minimum absolute atomic E-state index is 0.0502. The predicted molar refractivity (Wildman–Crippen MR) is 141 cm³/mol. The Hall–Kier alpha value is -4.51. The number of hydrogen-bond acceptors (Lipinski definition) is 6. The van der Waals surface area contributed by atoms with Crippen LogP contribution in [0, 0.1) is 5.82 Å². The lowest BCUT2D eigenvalue weighted by molar-refractivity contribution is -0.137. The monoisotopic (exact) mass is 553 g/mol. The van der Waals surface area contributed by atoms with Crippen molar-refractivity contribution in [2.24, 2.45) is 0 Å². The Morgan fingerprint density at radius 2 is 1.70 bits per heavy atom. The average Bonchev–Trinajstić information content (AvgIpc) is 2.95. The third kappa shape index (κ3) is 6.04. The highest BCUT2D eigenvalue weighted by Gasteiger charge is 2.32. The summed E-state index contributed by atoms with van der Waals surface area (Å²) >= 11 is 0. The maximum atomic E-state index is 13.4. The fraction of sp³-hybridized carbons (Fsp3) is 0.207. The van der Waals surface area contributed by atoms with E-state index in [4.69, 9.17) is 9.47 Å². The van der Waals surface area contributed by atoms with Crippen LogP contribution in [-0.4, -0.2) is 49.8 Å². The average molecular weight is 554 g/mol. The molecule has 1 N–H and O–H groups in total. The molecule has 3 aromatic carbocycles. The lowest BCUT2D eigenvalue weighted by Crippen LogP contribution is -2.37. The fourth-order valence-corrected chi connectivity index (χ4v) is 4.40. The fourth-order valence-electron chi connectivity index (χ4n) is 4.40. The van der Waals surface area contributed by atoms with E-state index < -0.39 is 36.0 Å². The molecule has 0 aliphatic carbocycles. The minimum Gasteiger partial charge on any atom is -0.452 e. The number of amides is 1. The van der Waals surface area contributed by atoms with Crippen LogP contribution in [0.25, 0.3) is 22.2 Å². The lowest BCUT2D eigenvalue weighted by atomic mass is 10.0. The SMILES string of the molecule is O=C(COC(=O)c1cc(-c2ccc(F)cc2)nc2ccccc12)Nc1cc(C(F)(F)F)ccc1N1CCOCC1. The Morgan fingerprint density at radius 1 is 0.975 bits per heavy atom. The van der Waals surface area contributed by atoms with Gasteiger partial charge in [-0.05, 0) is 54.6 Å². The highest BCUT2D eigenvalue weighted by Crippen LogP contribution is 2.36. The van der Waals surface area contributed by atoms with Gasteiger partial charge in [-0.3, -0.25) is 4.79 Å². The number of fused-ring (bicyclic) bond motifs is 1. The first-order valence-corrected chi connectivity index (χ1v) is 12.4. The third-order valence-corrected chi connectivity index (χ3v) is 6.36. The molecule has 40 heavy (non-hydrogen) atoms. The molecule has 11 heteroatoms. The summed E-state index contributed by atoms with van der Waals surface area (Å²) in [6.45, 7) is 0.932. The summed E-state index contributed by atoms with van der Waals surface area (Å²) in [6.07, 6.45) is -4.61. The molecule has 0 spiro atoms. The van der Waals surface area contributed by atoms with Crippen LogP contribution < -0.4 is 10.2 Å². The van der Waals surface area contributed by atoms with E-state index in [1.165, 1.54) is 36.4 Å². The van der Waals surface area contributed by atoms with Gasteiger partial charge < -0.3 is 19.7 Å². The van der Waals surface area contributed by atoms with Crippen molar-refractivity contribution in [3.05, 3.63) is 89.7 Å². The Bertz CT molecular complexity index is 1550. The molecule has 0 unspecified atom stereocenters. The van der Waals surface area contributed by atoms with Crippen LogP contribution in [0.5, 0.6) is 0 Å². The summed E-state index contributed by atoms with van der Waals surface area (Å²) in [4.78, 5) is 32.2. The van der Waals surface area contributed by atoms with Gasteiger partial charge in [-0.15, -0.1) is 0 Å². The van der Waals surface area contributed by atoms with Gasteiger partial charge in [-0.2, -0.15) is 13.2 Å². The highest BCUT2D eigenvalue weighted by atomic mass is 19.4. The number of hydrogen-bond donors (Lipinski definition) is 1. The van der Waals surface area contributed by atoms with Gasteiger partial charge in [0.1, 0.15) is 5.82 Å².